The van der Waals surface area contributed by atoms with E-state index in [1.54, 1.807) is 32.1 Å². The molecule has 0 heterocycles. The Morgan fingerprint density at radius 1 is 1.19 bits per heavy atom. The number of sulfonamides is 1. The van der Waals surface area contributed by atoms with Gasteiger partial charge in [-0.05, 0) is 43.0 Å². The smallest absolute Gasteiger partial charge is 0.331 e. The standard InChI is InChI=1S/C19H25NO5S/c1-3-20(4-2)26(23,24)16-12-9-15(10-13-16)11-14-19(22)25-18-8-6-5-7-17(18)21/h9-14,18H,3-8H2,1-2H3/b14-11+/t18-/m1/s1. The number of hydrogen-bond acceptors (Lipinski definition) is 5. The van der Waals surface area contributed by atoms with Gasteiger partial charge >= 0.3 is 5.97 Å². The van der Waals surface area contributed by atoms with Gasteiger partial charge in [0.25, 0.3) is 0 Å². The van der Waals surface area contributed by atoms with E-state index in [0.717, 1.165) is 12.8 Å². The second-order valence-electron chi connectivity index (χ2n) is 6.13. The van der Waals surface area contributed by atoms with E-state index in [-0.39, 0.29) is 10.7 Å². The van der Waals surface area contributed by atoms with E-state index in [4.69, 9.17) is 4.74 Å². The van der Waals surface area contributed by atoms with Gasteiger partial charge in [0.2, 0.25) is 10.0 Å². The quantitative estimate of drug-likeness (QED) is 0.537. The summed E-state index contributed by atoms with van der Waals surface area (Å²) < 4.78 is 31.4. The number of nitrogens with zero attached hydrogens (tertiary/aromatic N) is 1. The molecule has 0 spiro atoms. The fraction of sp³-hybridized carbons (Fsp3) is 0.474. The summed E-state index contributed by atoms with van der Waals surface area (Å²) in [6.07, 6.45) is 4.95. The van der Waals surface area contributed by atoms with Crippen LogP contribution in [0.1, 0.15) is 45.1 Å². The van der Waals surface area contributed by atoms with E-state index >= 15 is 0 Å². The molecule has 0 aliphatic heterocycles. The van der Waals surface area contributed by atoms with E-state index in [2.05, 4.69) is 0 Å². The number of esters is 1. The summed E-state index contributed by atoms with van der Waals surface area (Å²) >= 11 is 0. The van der Waals surface area contributed by atoms with Crippen molar-refractivity contribution in [2.45, 2.75) is 50.5 Å². The third kappa shape index (κ3) is 5.02. The molecule has 1 fully saturated rings. The van der Waals surface area contributed by atoms with Gasteiger partial charge in [0.1, 0.15) is 0 Å². The molecule has 1 saturated carbocycles. The van der Waals surface area contributed by atoms with Gasteiger partial charge in [0.05, 0.1) is 4.90 Å². The van der Waals surface area contributed by atoms with Gasteiger partial charge in [0, 0.05) is 25.6 Å². The van der Waals surface area contributed by atoms with Gasteiger partial charge in [-0.1, -0.05) is 26.0 Å². The Kier molecular flexibility index (Phi) is 7.11. The molecule has 6 nitrogen and oxygen atoms in total. The molecule has 0 radical (unpaired) electrons. The van der Waals surface area contributed by atoms with Gasteiger partial charge in [-0.25, -0.2) is 13.2 Å². The highest BCUT2D eigenvalue weighted by Crippen LogP contribution is 2.19. The van der Waals surface area contributed by atoms with Crippen molar-refractivity contribution < 1.29 is 22.7 Å². The van der Waals surface area contributed by atoms with Gasteiger partial charge in [-0.3, -0.25) is 4.79 Å². The Balaban J connectivity index is 2.01. The van der Waals surface area contributed by atoms with E-state index in [1.807, 2.05) is 0 Å². The highest BCUT2D eigenvalue weighted by molar-refractivity contribution is 7.89. The molecule has 1 aromatic carbocycles. The van der Waals surface area contributed by atoms with Crippen molar-refractivity contribution in [2.24, 2.45) is 0 Å². The molecular weight excluding hydrogens is 354 g/mol. The predicted octanol–water partition coefficient (Wildman–Crippen LogP) is 2.79. The topological polar surface area (TPSA) is 80.8 Å². The lowest BCUT2D eigenvalue weighted by Gasteiger charge is -2.19. The summed E-state index contributed by atoms with van der Waals surface area (Å²) in [7, 11) is -3.49. The lowest BCUT2D eigenvalue weighted by molar-refractivity contribution is -0.152. The third-order valence-corrected chi connectivity index (χ3v) is 6.46. The minimum absolute atomic E-state index is 0.0241. The van der Waals surface area contributed by atoms with Crippen LogP contribution in [-0.4, -0.2) is 43.7 Å². The first kappa shape index (κ1) is 20.3. The predicted molar refractivity (Wildman–Crippen MR) is 98.9 cm³/mol. The van der Waals surface area contributed by atoms with Crippen molar-refractivity contribution in [3.8, 4) is 0 Å². The number of Topliss-reactive ketones (excluding diaryl/α,β-unsaturated/α-hetero) is 1. The number of rotatable bonds is 7. The van der Waals surface area contributed by atoms with Crippen molar-refractivity contribution in [2.75, 3.05) is 13.1 Å². The van der Waals surface area contributed by atoms with Crippen molar-refractivity contribution in [1.29, 1.82) is 0 Å². The molecule has 0 saturated heterocycles. The number of carbonyl (C=O) groups is 2. The first-order valence-corrected chi connectivity index (χ1v) is 10.3. The largest absolute Gasteiger partial charge is 0.451 e. The Labute approximate surface area is 154 Å². The molecule has 1 aliphatic carbocycles. The average molecular weight is 379 g/mol. The van der Waals surface area contributed by atoms with E-state index < -0.39 is 22.1 Å². The van der Waals surface area contributed by atoms with Gasteiger partial charge in [-0.15, -0.1) is 0 Å². The van der Waals surface area contributed by atoms with E-state index in [0.29, 0.717) is 31.5 Å². The molecule has 0 unspecified atom stereocenters. The first-order chi connectivity index (χ1) is 12.4. The minimum atomic E-state index is -3.49. The maximum Gasteiger partial charge on any atom is 0.331 e. The highest BCUT2D eigenvalue weighted by atomic mass is 32.2. The molecule has 7 heteroatoms. The summed E-state index contributed by atoms with van der Waals surface area (Å²) in [6.45, 7) is 4.40. The van der Waals surface area contributed by atoms with E-state index in [1.165, 1.54) is 22.5 Å². The van der Waals surface area contributed by atoms with Crippen molar-refractivity contribution in [3.63, 3.8) is 0 Å². The van der Waals surface area contributed by atoms with Gasteiger partial charge < -0.3 is 4.74 Å². The third-order valence-electron chi connectivity index (χ3n) is 4.39. The summed E-state index contributed by atoms with van der Waals surface area (Å²) in [5, 5.41) is 0. The summed E-state index contributed by atoms with van der Waals surface area (Å²) in [5.74, 6) is -0.589. The van der Waals surface area contributed by atoms with Crippen LogP contribution in [0.3, 0.4) is 0 Å². The zero-order chi connectivity index (χ0) is 19.2. The van der Waals surface area contributed by atoms with Crippen LogP contribution in [0.25, 0.3) is 6.08 Å². The van der Waals surface area contributed by atoms with Crippen LogP contribution in [-0.2, 0) is 24.3 Å². The number of benzene rings is 1. The lowest BCUT2D eigenvalue weighted by Crippen LogP contribution is -2.30. The normalized spacial score (nSPS) is 18.4. The molecule has 1 aliphatic rings. The summed E-state index contributed by atoms with van der Waals surface area (Å²) in [5.41, 5.74) is 0.676. The molecule has 26 heavy (non-hydrogen) atoms. The second-order valence-corrected chi connectivity index (χ2v) is 8.07. The summed E-state index contributed by atoms with van der Waals surface area (Å²) in [4.78, 5) is 23.8. The number of hydrogen-bond donors (Lipinski definition) is 0. The van der Waals surface area contributed by atoms with Crippen molar-refractivity contribution >= 4 is 27.9 Å². The molecular formula is C19H25NO5S. The zero-order valence-corrected chi connectivity index (χ0v) is 16.0. The zero-order valence-electron chi connectivity index (χ0n) is 15.2. The molecule has 1 atom stereocenters. The van der Waals surface area contributed by atoms with Crippen LogP contribution >= 0.6 is 0 Å². The fourth-order valence-electron chi connectivity index (χ4n) is 2.88. The molecule has 142 valence electrons. The molecule has 0 bridgehead atoms. The lowest BCUT2D eigenvalue weighted by atomic mass is 9.96. The first-order valence-electron chi connectivity index (χ1n) is 8.90. The van der Waals surface area contributed by atoms with Crippen LogP contribution < -0.4 is 0 Å². The molecule has 0 N–H and O–H groups in total. The Morgan fingerprint density at radius 2 is 1.85 bits per heavy atom. The highest BCUT2D eigenvalue weighted by Gasteiger charge is 2.25. The maximum atomic E-state index is 12.4. The maximum absolute atomic E-state index is 12.4. The monoisotopic (exact) mass is 379 g/mol. The minimum Gasteiger partial charge on any atom is -0.451 e. The van der Waals surface area contributed by atoms with Crippen LogP contribution in [0.5, 0.6) is 0 Å². The average Bonchev–Trinajstić information content (AvgIpc) is 2.63. The van der Waals surface area contributed by atoms with Gasteiger partial charge in [0.15, 0.2) is 11.9 Å². The Bertz CT molecular complexity index is 764. The molecule has 1 aromatic rings. The van der Waals surface area contributed by atoms with Crippen molar-refractivity contribution in [3.05, 3.63) is 35.9 Å². The van der Waals surface area contributed by atoms with Crippen LogP contribution in [0, 0.1) is 0 Å². The molecule has 0 amide bonds. The Hall–Kier alpha value is -1.99. The molecule has 2 rings (SSSR count). The van der Waals surface area contributed by atoms with Crippen molar-refractivity contribution in [1.82, 2.24) is 4.31 Å². The second kappa shape index (κ2) is 9.09. The van der Waals surface area contributed by atoms with Crippen LogP contribution in [0.2, 0.25) is 0 Å². The molecule has 0 aromatic heterocycles. The number of carbonyl (C=O) groups excluding carboxylic acids is 2. The Morgan fingerprint density at radius 3 is 2.42 bits per heavy atom. The number of ketones is 1. The fourth-order valence-corrected chi connectivity index (χ4v) is 4.34. The van der Waals surface area contributed by atoms with E-state index in [9.17, 15) is 18.0 Å². The summed E-state index contributed by atoms with van der Waals surface area (Å²) in [6, 6.07) is 6.30. The van der Waals surface area contributed by atoms with Crippen LogP contribution in [0.15, 0.2) is 35.2 Å². The number of ether oxygens (including phenoxy) is 1. The van der Waals surface area contributed by atoms with Crippen LogP contribution in [0.4, 0.5) is 0 Å². The SMILES string of the molecule is CCN(CC)S(=O)(=O)c1ccc(/C=C/C(=O)O[C@@H]2CCCCC2=O)cc1. The van der Waals surface area contributed by atoms with Gasteiger partial charge in [-0.2, -0.15) is 4.31 Å².